The average Bonchev–Trinajstić information content (AvgIpc) is 2.87. The molecule has 23 heavy (non-hydrogen) atoms. The second-order valence-electron chi connectivity index (χ2n) is 6.11. The number of nitrogens with one attached hydrogen (secondary N) is 1. The number of carbonyl (C=O) groups is 2. The number of hydrogen-bond acceptors (Lipinski definition) is 3. The van der Waals surface area contributed by atoms with Crippen LogP contribution in [0, 0.1) is 5.82 Å². The standard InChI is InChI=1S/C16H21FN4O2/c1-19-11-14(18-16(19)23)15(22)21-7-5-20(6-8-21)10-12-3-2-4-13(17)9-12/h2-4,9,14H,5-8,10-11H2,1H3,(H,18,23). The molecule has 124 valence electrons. The highest BCUT2D eigenvalue weighted by molar-refractivity contribution is 5.90. The summed E-state index contributed by atoms with van der Waals surface area (Å²) in [7, 11) is 1.68. The van der Waals surface area contributed by atoms with Crippen LogP contribution in [0.15, 0.2) is 24.3 Å². The van der Waals surface area contributed by atoms with Crippen molar-refractivity contribution in [2.75, 3.05) is 39.8 Å². The van der Waals surface area contributed by atoms with Gasteiger partial charge in [0.1, 0.15) is 11.9 Å². The van der Waals surface area contributed by atoms with Gasteiger partial charge in [-0.3, -0.25) is 9.69 Å². The molecule has 0 aliphatic carbocycles. The molecule has 1 aromatic carbocycles. The van der Waals surface area contributed by atoms with E-state index in [-0.39, 0.29) is 17.8 Å². The van der Waals surface area contributed by atoms with E-state index >= 15 is 0 Å². The molecule has 1 unspecified atom stereocenters. The zero-order chi connectivity index (χ0) is 16.4. The van der Waals surface area contributed by atoms with Gasteiger partial charge in [0, 0.05) is 39.8 Å². The zero-order valence-corrected chi connectivity index (χ0v) is 13.2. The molecule has 3 rings (SSSR count). The van der Waals surface area contributed by atoms with Crippen molar-refractivity contribution in [2.24, 2.45) is 0 Å². The van der Waals surface area contributed by atoms with Gasteiger partial charge in [0.05, 0.1) is 6.54 Å². The Hall–Kier alpha value is -2.15. The number of benzene rings is 1. The Kier molecular flexibility index (Phi) is 4.47. The van der Waals surface area contributed by atoms with Gasteiger partial charge < -0.3 is 15.1 Å². The minimum atomic E-state index is -0.442. The van der Waals surface area contributed by atoms with E-state index in [2.05, 4.69) is 10.2 Å². The van der Waals surface area contributed by atoms with Crippen LogP contribution in [-0.4, -0.2) is 72.5 Å². The van der Waals surface area contributed by atoms with E-state index < -0.39 is 6.04 Å². The molecule has 2 heterocycles. The Bertz CT molecular complexity index is 601. The van der Waals surface area contributed by atoms with Crippen molar-refractivity contribution in [3.63, 3.8) is 0 Å². The lowest BCUT2D eigenvalue weighted by molar-refractivity contribution is -0.134. The molecule has 7 heteroatoms. The summed E-state index contributed by atoms with van der Waals surface area (Å²) in [6.07, 6.45) is 0. The molecule has 1 atom stereocenters. The van der Waals surface area contributed by atoms with Crippen LogP contribution in [0.25, 0.3) is 0 Å². The maximum atomic E-state index is 13.2. The fourth-order valence-electron chi connectivity index (χ4n) is 3.04. The second-order valence-corrected chi connectivity index (χ2v) is 6.11. The number of nitrogens with zero attached hydrogens (tertiary/aromatic N) is 3. The quantitative estimate of drug-likeness (QED) is 0.882. The second kappa shape index (κ2) is 6.54. The molecule has 0 radical (unpaired) electrons. The van der Waals surface area contributed by atoms with E-state index in [1.807, 2.05) is 6.07 Å². The molecule has 2 aliphatic heterocycles. The predicted molar refractivity (Wildman–Crippen MR) is 83.2 cm³/mol. The van der Waals surface area contributed by atoms with Crippen LogP contribution in [0.1, 0.15) is 5.56 Å². The smallest absolute Gasteiger partial charge is 0.317 e. The van der Waals surface area contributed by atoms with Crippen LogP contribution in [-0.2, 0) is 11.3 Å². The van der Waals surface area contributed by atoms with Crippen molar-refractivity contribution in [1.82, 2.24) is 20.0 Å². The fraction of sp³-hybridized carbons (Fsp3) is 0.500. The molecule has 0 bridgehead atoms. The van der Waals surface area contributed by atoms with E-state index in [1.165, 1.54) is 11.0 Å². The summed E-state index contributed by atoms with van der Waals surface area (Å²) in [5.41, 5.74) is 0.939. The third kappa shape index (κ3) is 3.61. The summed E-state index contributed by atoms with van der Waals surface area (Å²) < 4.78 is 13.2. The maximum absolute atomic E-state index is 13.2. The first kappa shape index (κ1) is 15.7. The Labute approximate surface area is 134 Å². The van der Waals surface area contributed by atoms with Crippen LogP contribution >= 0.6 is 0 Å². The molecular formula is C16H21FN4O2. The number of halogens is 1. The Morgan fingerprint density at radius 1 is 1.30 bits per heavy atom. The summed E-state index contributed by atoms with van der Waals surface area (Å²) in [6, 6.07) is 5.96. The highest BCUT2D eigenvalue weighted by atomic mass is 19.1. The highest BCUT2D eigenvalue weighted by Gasteiger charge is 2.34. The number of amides is 3. The van der Waals surface area contributed by atoms with Gasteiger partial charge >= 0.3 is 6.03 Å². The Morgan fingerprint density at radius 2 is 2.04 bits per heavy atom. The molecule has 0 aromatic heterocycles. The topological polar surface area (TPSA) is 55.9 Å². The van der Waals surface area contributed by atoms with Crippen molar-refractivity contribution in [1.29, 1.82) is 0 Å². The lowest BCUT2D eigenvalue weighted by Gasteiger charge is -2.35. The van der Waals surface area contributed by atoms with Gasteiger partial charge in [-0.1, -0.05) is 12.1 Å². The Morgan fingerprint density at radius 3 is 2.65 bits per heavy atom. The first-order valence-corrected chi connectivity index (χ1v) is 7.80. The van der Waals surface area contributed by atoms with Crippen molar-refractivity contribution in [2.45, 2.75) is 12.6 Å². The molecular weight excluding hydrogens is 299 g/mol. The van der Waals surface area contributed by atoms with Crippen molar-refractivity contribution >= 4 is 11.9 Å². The molecule has 1 N–H and O–H groups in total. The molecule has 2 saturated heterocycles. The maximum Gasteiger partial charge on any atom is 0.317 e. The van der Waals surface area contributed by atoms with E-state index in [4.69, 9.17) is 0 Å². The van der Waals surface area contributed by atoms with Gasteiger partial charge in [0.15, 0.2) is 0 Å². The number of piperazine rings is 1. The first-order valence-electron chi connectivity index (χ1n) is 7.80. The summed E-state index contributed by atoms with van der Waals surface area (Å²) in [5.74, 6) is -0.245. The number of hydrogen-bond donors (Lipinski definition) is 1. The third-order valence-corrected chi connectivity index (χ3v) is 4.38. The largest absolute Gasteiger partial charge is 0.338 e. The van der Waals surface area contributed by atoms with Crippen LogP contribution in [0.3, 0.4) is 0 Å². The van der Waals surface area contributed by atoms with Crippen molar-refractivity contribution in [3.8, 4) is 0 Å². The fourth-order valence-corrected chi connectivity index (χ4v) is 3.04. The molecule has 0 saturated carbocycles. The van der Waals surface area contributed by atoms with E-state index in [9.17, 15) is 14.0 Å². The minimum Gasteiger partial charge on any atom is -0.338 e. The van der Waals surface area contributed by atoms with E-state index in [0.29, 0.717) is 26.2 Å². The van der Waals surface area contributed by atoms with Gasteiger partial charge in [-0.2, -0.15) is 0 Å². The van der Waals surface area contributed by atoms with Crippen LogP contribution in [0.2, 0.25) is 0 Å². The summed E-state index contributed by atoms with van der Waals surface area (Å²) >= 11 is 0. The molecule has 6 nitrogen and oxygen atoms in total. The van der Waals surface area contributed by atoms with E-state index in [1.54, 1.807) is 24.1 Å². The van der Waals surface area contributed by atoms with E-state index in [0.717, 1.165) is 18.7 Å². The molecule has 2 aliphatic rings. The zero-order valence-electron chi connectivity index (χ0n) is 13.2. The van der Waals surface area contributed by atoms with Gasteiger partial charge in [0.25, 0.3) is 0 Å². The molecule has 1 aromatic rings. The summed E-state index contributed by atoms with van der Waals surface area (Å²) in [5, 5.41) is 2.70. The van der Waals surface area contributed by atoms with Crippen LogP contribution in [0.4, 0.5) is 9.18 Å². The van der Waals surface area contributed by atoms with Crippen molar-refractivity contribution < 1.29 is 14.0 Å². The number of urea groups is 1. The van der Waals surface area contributed by atoms with Crippen LogP contribution in [0.5, 0.6) is 0 Å². The summed E-state index contributed by atoms with van der Waals surface area (Å²) in [6.45, 7) is 3.86. The van der Waals surface area contributed by atoms with Crippen molar-refractivity contribution in [3.05, 3.63) is 35.6 Å². The SMILES string of the molecule is CN1CC(C(=O)N2CCN(Cc3cccc(F)c3)CC2)NC1=O. The first-order chi connectivity index (χ1) is 11.0. The monoisotopic (exact) mass is 320 g/mol. The average molecular weight is 320 g/mol. The predicted octanol–water partition coefficient (Wildman–Crippen LogP) is 0.494. The number of likely N-dealkylation sites (N-methyl/N-ethyl adjacent to an activating group) is 1. The van der Waals surface area contributed by atoms with Gasteiger partial charge in [-0.05, 0) is 17.7 Å². The minimum absolute atomic E-state index is 0.0203. The summed E-state index contributed by atoms with van der Waals surface area (Å²) in [4.78, 5) is 29.4. The van der Waals surface area contributed by atoms with Crippen LogP contribution < -0.4 is 5.32 Å². The van der Waals surface area contributed by atoms with Gasteiger partial charge in [-0.15, -0.1) is 0 Å². The lowest BCUT2D eigenvalue weighted by Crippen LogP contribution is -2.53. The third-order valence-electron chi connectivity index (χ3n) is 4.38. The van der Waals surface area contributed by atoms with Gasteiger partial charge in [-0.25, -0.2) is 9.18 Å². The number of rotatable bonds is 3. The lowest BCUT2D eigenvalue weighted by atomic mass is 10.2. The molecule has 0 spiro atoms. The molecule has 2 fully saturated rings. The normalized spacial score (nSPS) is 22.3. The van der Waals surface area contributed by atoms with Gasteiger partial charge in [0.2, 0.25) is 5.91 Å². The Balaban J connectivity index is 1.50. The molecule has 3 amide bonds. The highest BCUT2D eigenvalue weighted by Crippen LogP contribution is 2.12. The number of carbonyl (C=O) groups excluding carboxylic acids is 2.